The lowest BCUT2D eigenvalue weighted by molar-refractivity contribution is -0.137. The number of nitrogens with zero attached hydrogens (tertiary/aromatic N) is 3. The van der Waals surface area contributed by atoms with Gasteiger partial charge in [-0.25, -0.2) is 4.68 Å². The number of hydrogen-bond donors (Lipinski definition) is 0. The van der Waals surface area contributed by atoms with Crippen LogP contribution in [-0.4, -0.2) is 34.4 Å². The minimum atomic E-state index is -4.54. The molecule has 0 spiro atoms. The van der Waals surface area contributed by atoms with Gasteiger partial charge in [-0.1, -0.05) is 12.1 Å². The third-order valence-corrected chi connectivity index (χ3v) is 4.93. The van der Waals surface area contributed by atoms with Crippen molar-refractivity contribution >= 4 is 5.91 Å². The van der Waals surface area contributed by atoms with E-state index in [-0.39, 0.29) is 19.0 Å². The third kappa shape index (κ3) is 4.16. The molecule has 1 aromatic heterocycles. The summed E-state index contributed by atoms with van der Waals surface area (Å²) in [4.78, 5) is 26.7. The zero-order valence-corrected chi connectivity index (χ0v) is 17.1. The fourth-order valence-corrected chi connectivity index (χ4v) is 3.34. The van der Waals surface area contributed by atoms with Gasteiger partial charge in [0.1, 0.15) is 0 Å². The highest BCUT2D eigenvalue weighted by atomic mass is 19.4. The second kappa shape index (κ2) is 8.03. The number of fused-ring (bicyclic) bond motifs is 1. The first-order valence-electron chi connectivity index (χ1n) is 9.56. The Hall–Kier alpha value is -3.82. The maximum absolute atomic E-state index is 13.1. The molecule has 4 rings (SSSR count). The van der Waals surface area contributed by atoms with E-state index in [1.165, 1.54) is 37.1 Å². The van der Waals surface area contributed by atoms with Crippen molar-refractivity contribution in [3.8, 4) is 17.2 Å². The summed E-state index contributed by atoms with van der Waals surface area (Å²) in [6.45, 7) is 1.81. The van der Waals surface area contributed by atoms with Crippen LogP contribution in [0.25, 0.3) is 5.69 Å². The third-order valence-electron chi connectivity index (χ3n) is 4.93. The maximum Gasteiger partial charge on any atom is 0.416 e. The molecule has 0 bridgehead atoms. The highest BCUT2D eigenvalue weighted by Crippen LogP contribution is 2.33. The predicted octanol–water partition coefficient (Wildman–Crippen LogP) is 3.56. The van der Waals surface area contributed by atoms with Gasteiger partial charge < -0.3 is 14.4 Å². The molecule has 2 heterocycles. The first-order valence-corrected chi connectivity index (χ1v) is 9.56. The van der Waals surface area contributed by atoms with E-state index in [0.717, 1.165) is 22.4 Å². The summed E-state index contributed by atoms with van der Waals surface area (Å²) < 4.78 is 51.0. The fraction of sp³-hybridized carbons (Fsp3) is 0.227. The topological polar surface area (TPSA) is 73.7 Å². The first-order chi connectivity index (χ1) is 15.1. The highest BCUT2D eigenvalue weighted by Gasteiger charge is 2.31. The van der Waals surface area contributed by atoms with Crippen molar-refractivity contribution in [1.82, 2.24) is 14.7 Å². The average molecular weight is 445 g/mol. The molecule has 2 aromatic carbocycles. The number of aromatic nitrogens is 2. The smallest absolute Gasteiger partial charge is 0.416 e. The van der Waals surface area contributed by atoms with Crippen LogP contribution >= 0.6 is 0 Å². The zero-order chi connectivity index (χ0) is 23.0. The van der Waals surface area contributed by atoms with Crippen LogP contribution in [0.5, 0.6) is 11.5 Å². The van der Waals surface area contributed by atoms with Crippen LogP contribution in [-0.2, 0) is 12.7 Å². The summed E-state index contributed by atoms with van der Waals surface area (Å²) >= 11 is 0. The largest absolute Gasteiger partial charge is 0.454 e. The van der Waals surface area contributed by atoms with Gasteiger partial charge in [0.2, 0.25) is 12.2 Å². The van der Waals surface area contributed by atoms with Gasteiger partial charge in [0.15, 0.2) is 17.2 Å². The molecule has 0 fully saturated rings. The van der Waals surface area contributed by atoms with Crippen molar-refractivity contribution in [3.63, 3.8) is 0 Å². The van der Waals surface area contributed by atoms with E-state index >= 15 is 0 Å². The molecule has 0 unspecified atom stereocenters. The van der Waals surface area contributed by atoms with E-state index in [1.807, 2.05) is 0 Å². The van der Waals surface area contributed by atoms with Crippen LogP contribution in [0.15, 0.2) is 53.3 Å². The van der Waals surface area contributed by atoms with Gasteiger partial charge in [0.25, 0.3) is 5.91 Å². The number of amides is 1. The number of rotatable bonds is 4. The summed E-state index contributed by atoms with van der Waals surface area (Å²) in [5, 5.41) is 4.09. The zero-order valence-electron chi connectivity index (χ0n) is 17.1. The Morgan fingerprint density at radius 2 is 1.88 bits per heavy atom. The SMILES string of the molecule is Cc1cc(=O)c(C(=O)N(C)Cc2ccc3c(c2)OCO3)nn1-c1cccc(C(F)(F)F)c1. The molecule has 0 saturated carbocycles. The van der Waals surface area contributed by atoms with E-state index in [4.69, 9.17) is 9.47 Å². The number of hydrogen-bond acceptors (Lipinski definition) is 5. The highest BCUT2D eigenvalue weighted by molar-refractivity contribution is 5.91. The average Bonchev–Trinajstić information content (AvgIpc) is 3.21. The number of halogens is 3. The molecule has 10 heteroatoms. The van der Waals surface area contributed by atoms with Gasteiger partial charge in [-0.15, -0.1) is 0 Å². The Labute approximate surface area is 180 Å². The van der Waals surface area contributed by atoms with Crippen LogP contribution in [0.3, 0.4) is 0 Å². The monoisotopic (exact) mass is 445 g/mol. The van der Waals surface area contributed by atoms with Gasteiger partial charge in [0, 0.05) is 25.4 Å². The lowest BCUT2D eigenvalue weighted by Crippen LogP contribution is -2.33. The molecule has 0 radical (unpaired) electrons. The molecule has 0 saturated heterocycles. The summed E-state index contributed by atoms with van der Waals surface area (Å²) in [5.74, 6) is 0.504. The summed E-state index contributed by atoms with van der Waals surface area (Å²) in [5.41, 5.74) is -0.739. The molecule has 166 valence electrons. The number of ether oxygens (including phenoxy) is 2. The van der Waals surface area contributed by atoms with Crippen LogP contribution in [0, 0.1) is 6.92 Å². The molecule has 1 amide bonds. The van der Waals surface area contributed by atoms with E-state index in [9.17, 15) is 22.8 Å². The van der Waals surface area contributed by atoms with Crippen LogP contribution < -0.4 is 14.9 Å². The van der Waals surface area contributed by atoms with Crippen molar-refractivity contribution in [2.24, 2.45) is 0 Å². The minimum Gasteiger partial charge on any atom is -0.454 e. The number of carbonyl (C=O) groups is 1. The van der Waals surface area contributed by atoms with Crippen molar-refractivity contribution < 1.29 is 27.4 Å². The van der Waals surface area contributed by atoms with E-state index < -0.39 is 28.8 Å². The number of benzene rings is 2. The van der Waals surface area contributed by atoms with Crippen LogP contribution in [0.2, 0.25) is 0 Å². The summed E-state index contributed by atoms with van der Waals surface area (Å²) in [7, 11) is 1.50. The molecule has 7 nitrogen and oxygen atoms in total. The number of aryl methyl sites for hydroxylation is 1. The number of alkyl halides is 3. The molecule has 1 aliphatic rings. The van der Waals surface area contributed by atoms with Gasteiger partial charge >= 0.3 is 6.18 Å². The van der Waals surface area contributed by atoms with Crippen molar-refractivity contribution in [3.05, 3.63) is 81.3 Å². The lowest BCUT2D eigenvalue weighted by atomic mass is 10.2. The molecule has 3 aromatic rings. The van der Waals surface area contributed by atoms with Gasteiger partial charge in [-0.2, -0.15) is 18.3 Å². The van der Waals surface area contributed by atoms with Crippen LogP contribution in [0.1, 0.15) is 27.3 Å². The standard InChI is InChI=1S/C22H18F3N3O4/c1-13-8-17(29)20(26-28(13)16-5-3-4-15(10-16)22(23,24)25)21(30)27(2)11-14-6-7-18-19(9-14)32-12-31-18/h3-10H,11-12H2,1-2H3. The van der Waals surface area contributed by atoms with E-state index in [2.05, 4.69) is 5.10 Å². The van der Waals surface area contributed by atoms with Gasteiger partial charge in [0.05, 0.1) is 11.3 Å². The molecule has 1 aliphatic heterocycles. The molecule has 0 atom stereocenters. The predicted molar refractivity (Wildman–Crippen MR) is 108 cm³/mol. The number of carbonyl (C=O) groups excluding carboxylic acids is 1. The Balaban J connectivity index is 1.64. The summed E-state index contributed by atoms with van der Waals surface area (Å²) in [6, 6.07) is 10.9. The molecular weight excluding hydrogens is 427 g/mol. The lowest BCUT2D eigenvalue weighted by Gasteiger charge is -2.18. The minimum absolute atomic E-state index is 0.0878. The maximum atomic E-state index is 13.1. The molecule has 32 heavy (non-hydrogen) atoms. The Morgan fingerprint density at radius 1 is 1.12 bits per heavy atom. The van der Waals surface area contributed by atoms with Crippen molar-refractivity contribution in [2.45, 2.75) is 19.6 Å². The van der Waals surface area contributed by atoms with E-state index in [1.54, 1.807) is 18.2 Å². The summed E-state index contributed by atoms with van der Waals surface area (Å²) in [6.07, 6.45) is -4.54. The van der Waals surface area contributed by atoms with E-state index in [0.29, 0.717) is 17.2 Å². The first kappa shape index (κ1) is 21.4. The Morgan fingerprint density at radius 3 is 2.62 bits per heavy atom. The second-order valence-corrected chi connectivity index (χ2v) is 7.31. The van der Waals surface area contributed by atoms with Gasteiger partial charge in [-0.3, -0.25) is 9.59 Å². The Kier molecular flexibility index (Phi) is 5.37. The fourth-order valence-electron chi connectivity index (χ4n) is 3.34. The Bertz CT molecular complexity index is 1250. The molecular formula is C22H18F3N3O4. The van der Waals surface area contributed by atoms with Crippen molar-refractivity contribution in [1.29, 1.82) is 0 Å². The van der Waals surface area contributed by atoms with Crippen molar-refractivity contribution in [2.75, 3.05) is 13.8 Å². The van der Waals surface area contributed by atoms with Crippen LogP contribution in [0.4, 0.5) is 13.2 Å². The second-order valence-electron chi connectivity index (χ2n) is 7.31. The molecule has 0 N–H and O–H groups in total. The molecule has 0 aliphatic carbocycles. The normalized spacial score (nSPS) is 12.7. The van der Waals surface area contributed by atoms with Gasteiger partial charge in [-0.05, 0) is 42.8 Å². The quantitative estimate of drug-likeness (QED) is 0.614.